The van der Waals surface area contributed by atoms with E-state index < -0.39 is 23.7 Å². The van der Waals surface area contributed by atoms with Crippen LogP contribution in [-0.4, -0.2) is 40.3 Å². The van der Waals surface area contributed by atoms with Crippen LogP contribution in [0.3, 0.4) is 0 Å². The van der Waals surface area contributed by atoms with Crippen molar-refractivity contribution in [3.05, 3.63) is 16.7 Å². The molecular formula is C13H19BrN4O4. The first-order valence-electron chi connectivity index (χ1n) is 6.45. The number of carboxylic acid groups (broad SMARTS) is 1. The van der Waals surface area contributed by atoms with Crippen molar-refractivity contribution >= 4 is 39.5 Å². The number of nitrogens with two attached hydrogens (primary N) is 1. The fourth-order valence-corrected chi connectivity index (χ4v) is 1.78. The summed E-state index contributed by atoms with van der Waals surface area (Å²) in [5.74, 6) is -0.968. The van der Waals surface area contributed by atoms with Gasteiger partial charge in [-0.1, -0.05) is 0 Å². The maximum absolute atomic E-state index is 11.6. The number of ether oxygens (including phenoxy) is 1. The zero-order valence-corrected chi connectivity index (χ0v) is 14.1. The van der Waals surface area contributed by atoms with E-state index in [2.05, 4.69) is 31.5 Å². The molecule has 1 aromatic heterocycles. The standard InChI is InChI=1S/C13H19BrN4O4/c1-13(2,3)22-12(21)18-9(11(19)20)6-16-8-4-7(14)5-17-10(8)15/h4-5,9,16H,6H2,1-3H3,(H2,15,17)(H,18,21)(H,19,20). The highest BCUT2D eigenvalue weighted by Gasteiger charge is 2.24. The van der Waals surface area contributed by atoms with Gasteiger partial charge in [-0.3, -0.25) is 0 Å². The van der Waals surface area contributed by atoms with Crippen molar-refractivity contribution in [2.75, 3.05) is 17.6 Å². The number of pyridine rings is 1. The Labute approximate surface area is 136 Å². The summed E-state index contributed by atoms with van der Waals surface area (Å²) in [7, 11) is 0. The second-order valence-corrected chi connectivity index (χ2v) is 6.42. The topological polar surface area (TPSA) is 127 Å². The number of nitrogens with one attached hydrogen (secondary N) is 2. The van der Waals surface area contributed by atoms with Gasteiger partial charge in [0.2, 0.25) is 0 Å². The molecule has 0 spiro atoms. The Bertz CT molecular complexity index is 559. The van der Waals surface area contributed by atoms with Gasteiger partial charge in [-0.25, -0.2) is 14.6 Å². The number of carbonyl (C=O) groups excluding carboxylic acids is 1. The highest BCUT2D eigenvalue weighted by molar-refractivity contribution is 9.10. The Hall–Kier alpha value is -2.03. The summed E-state index contributed by atoms with van der Waals surface area (Å²) >= 11 is 3.24. The molecule has 5 N–H and O–H groups in total. The normalized spacial score (nSPS) is 12.4. The predicted octanol–water partition coefficient (Wildman–Crippen LogP) is 1.82. The third-order valence-electron chi connectivity index (χ3n) is 2.37. The monoisotopic (exact) mass is 374 g/mol. The number of carboxylic acids is 1. The van der Waals surface area contributed by atoms with Crippen molar-refractivity contribution in [2.24, 2.45) is 0 Å². The number of hydrogen-bond donors (Lipinski definition) is 4. The number of nitrogens with zero attached hydrogens (tertiary/aromatic N) is 1. The van der Waals surface area contributed by atoms with E-state index in [-0.39, 0.29) is 12.4 Å². The molecule has 22 heavy (non-hydrogen) atoms. The van der Waals surface area contributed by atoms with Crippen LogP contribution in [0.1, 0.15) is 20.8 Å². The summed E-state index contributed by atoms with van der Waals surface area (Å²) in [6, 6.07) is 0.488. The molecule has 0 radical (unpaired) electrons. The lowest BCUT2D eigenvalue weighted by Gasteiger charge is -2.22. The molecule has 1 rings (SSSR count). The van der Waals surface area contributed by atoms with E-state index >= 15 is 0 Å². The van der Waals surface area contributed by atoms with Crippen molar-refractivity contribution in [1.82, 2.24) is 10.3 Å². The van der Waals surface area contributed by atoms with Gasteiger partial charge in [0.05, 0.1) is 5.69 Å². The molecular weight excluding hydrogens is 356 g/mol. The lowest BCUT2D eigenvalue weighted by Crippen LogP contribution is -2.47. The van der Waals surface area contributed by atoms with Crippen LogP contribution in [0.5, 0.6) is 0 Å². The zero-order chi connectivity index (χ0) is 16.9. The molecule has 0 aliphatic carbocycles. The maximum atomic E-state index is 11.6. The Morgan fingerprint density at radius 3 is 2.68 bits per heavy atom. The van der Waals surface area contributed by atoms with Crippen LogP contribution in [0.25, 0.3) is 0 Å². The lowest BCUT2D eigenvalue weighted by molar-refractivity contribution is -0.139. The summed E-state index contributed by atoms with van der Waals surface area (Å²) in [6.07, 6.45) is 0.718. The van der Waals surface area contributed by atoms with Crippen molar-refractivity contribution in [2.45, 2.75) is 32.4 Å². The summed E-state index contributed by atoms with van der Waals surface area (Å²) in [6.45, 7) is 4.99. The van der Waals surface area contributed by atoms with Crippen LogP contribution in [0.4, 0.5) is 16.3 Å². The van der Waals surface area contributed by atoms with E-state index in [4.69, 9.17) is 15.6 Å². The first-order chi connectivity index (χ1) is 10.1. The number of aliphatic carboxylic acids is 1. The first-order valence-corrected chi connectivity index (χ1v) is 7.25. The van der Waals surface area contributed by atoms with E-state index in [1.54, 1.807) is 26.8 Å². The van der Waals surface area contributed by atoms with Crippen LogP contribution in [-0.2, 0) is 9.53 Å². The third-order valence-corrected chi connectivity index (χ3v) is 2.80. The molecule has 0 saturated heterocycles. The van der Waals surface area contributed by atoms with Crippen molar-refractivity contribution in [3.63, 3.8) is 0 Å². The fourth-order valence-electron chi connectivity index (χ4n) is 1.45. The van der Waals surface area contributed by atoms with Gasteiger partial charge in [0.1, 0.15) is 17.5 Å². The molecule has 1 atom stereocenters. The van der Waals surface area contributed by atoms with Crippen LogP contribution in [0, 0.1) is 0 Å². The predicted molar refractivity (Wildman–Crippen MR) is 85.6 cm³/mol. The molecule has 0 aromatic carbocycles. The largest absolute Gasteiger partial charge is 0.480 e. The molecule has 1 amide bonds. The highest BCUT2D eigenvalue weighted by Crippen LogP contribution is 2.20. The minimum atomic E-state index is -1.19. The van der Waals surface area contributed by atoms with Crippen molar-refractivity contribution < 1.29 is 19.4 Å². The molecule has 8 nitrogen and oxygen atoms in total. The molecule has 0 aliphatic rings. The molecule has 0 fully saturated rings. The van der Waals surface area contributed by atoms with Gasteiger partial charge in [0.25, 0.3) is 0 Å². The number of aromatic nitrogens is 1. The van der Waals surface area contributed by atoms with Crippen LogP contribution >= 0.6 is 15.9 Å². The SMILES string of the molecule is CC(C)(C)OC(=O)NC(CNc1cc(Br)cnc1N)C(=O)O. The smallest absolute Gasteiger partial charge is 0.408 e. The van der Waals surface area contributed by atoms with Crippen LogP contribution < -0.4 is 16.4 Å². The number of carbonyl (C=O) groups is 2. The van der Waals surface area contributed by atoms with Gasteiger partial charge in [-0.15, -0.1) is 0 Å². The fraction of sp³-hybridized carbons (Fsp3) is 0.462. The number of halogens is 1. The summed E-state index contributed by atoms with van der Waals surface area (Å²) < 4.78 is 5.72. The van der Waals surface area contributed by atoms with Gasteiger partial charge in [-0.05, 0) is 42.8 Å². The molecule has 1 unspecified atom stereocenters. The molecule has 122 valence electrons. The van der Waals surface area contributed by atoms with E-state index in [1.165, 1.54) is 6.20 Å². The lowest BCUT2D eigenvalue weighted by atomic mass is 10.2. The Kier molecular flexibility index (Phi) is 5.98. The van der Waals surface area contributed by atoms with E-state index in [0.717, 1.165) is 0 Å². The highest BCUT2D eigenvalue weighted by atomic mass is 79.9. The number of anilines is 2. The van der Waals surface area contributed by atoms with Gasteiger partial charge in [0.15, 0.2) is 0 Å². The van der Waals surface area contributed by atoms with Crippen LogP contribution in [0.2, 0.25) is 0 Å². The maximum Gasteiger partial charge on any atom is 0.408 e. The number of alkyl carbamates (subject to hydrolysis) is 1. The van der Waals surface area contributed by atoms with Gasteiger partial charge in [0, 0.05) is 17.2 Å². The minimum absolute atomic E-state index is 0.0725. The third kappa shape index (κ3) is 6.17. The molecule has 0 aliphatic heterocycles. The second-order valence-electron chi connectivity index (χ2n) is 5.50. The van der Waals surface area contributed by atoms with E-state index in [0.29, 0.717) is 10.2 Å². The molecule has 1 aromatic rings. The zero-order valence-electron chi connectivity index (χ0n) is 12.5. The molecule has 9 heteroatoms. The summed E-state index contributed by atoms with van der Waals surface area (Å²) in [5, 5.41) is 14.3. The van der Waals surface area contributed by atoms with Gasteiger partial charge < -0.3 is 26.2 Å². The van der Waals surface area contributed by atoms with Gasteiger partial charge >= 0.3 is 12.1 Å². The Morgan fingerprint density at radius 1 is 1.50 bits per heavy atom. The van der Waals surface area contributed by atoms with Crippen LogP contribution in [0.15, 0.2) is 16.7 Å². The summed E-state index contributed by atoms with van der Waals surface area (Å²) in [5.41, 5.74) is 5.44. The summed E-state index contributed by atoms with van der Waals surface area (Å²) in [4.78, 5) is 26.8. The average Bonchev–Trinajstić information content (AvgIpc) is 2.35. The average molecular weight is 375 g/mol. The Balaban J connectivity index is 2.67. The number of nitrogen functional groups attached to an aromatic ring is 1. The number of rotatable bonds is 5. The minimum Gasteiger partial charge on any atom is -0.480 e. The molecule has 0 saturated carbocycles. The first kappa shape index (κ1) is 18.0. The van der Waals surface area contributed by atoms with Gasteiger partial charge in [-0.2, -0.15) is 0 Å². The Morgan fingerprint density at radius 2 is 2.14 bits per heavy atom. The van der Waals surface area contributed by atoms with Crippen molar-refractivity contribution in [3.8, 4) is 0 Å². The number of hydrogen-bond acceptors (Lipinski definition) is 6. The second kappa shape index (κ2) is 7.30. The van der Waals surface area contributed by atoms with Crippen molar-refractivity contribution in [1.29, 1.82) is 0 Å². The molecule has 0 bridgehead atoms. The number of amides is 1. The van der Waals surface area contributed by atoms with E-state index in [9.17, 15) is 9.59 Å². The van der Waals surface area contributed by atoms with E-state index in [1.807, 2.05) is 0 Å². The quantitative estimate of drug-likeness (QED) is 0.618. The molecule has 1 heterocycles.